The number of hydrogen-bond donors (Lipinski definition) is 1. The standard InChI is InChI=1S/C12H7Br2FN2O/c13-10-4-9(18-12(10)14)6-17-11-2-1-8(15)3-7(11)5-16/h1-4,17H,6H2. The van der Waals surface area contributed by atoms with Gasteiger partial charge in [-0.05, 0) is 56.1 Å². The Morgan fingerprint density at radius 2 is 2.11 bits per heavy atom. The van der Waals surface area contributed by atoms with E-state index in [0.29, 0.717) is 22.7 Å². The van der Waals surface area contributed by atoms with Gasteiger partial charge in [-0.2, -0.15) is 5.26 Å². The van der Waals surface area contributed by atoms with Crippen LogP contribution >= 0.6 is 31.9 Å². The summed E-state index contributed by atoms with van der Waals surface area (Å²) in [6.45, 7) is 0.407. The second-order valence-corrected chi connectivity index (χ2v) is 5.06. The summed E-state index contributed by atoms with van der Waals surface area (Å²) in [7, 11) is 0. The third-order valence-electron chi connectivity index (χ3n) is 2.25. The van der Waals surface area contributed by atoms with Crippen molar-refractivity contribution in [3.05, 3.63) is 50.5 Å². The fourth-order valence-corrected chi connectivity index (χ4v) is 2.08. The molecule has 0 atom stereocenters. The molecule has 1 N–H and O–H groups in total. The molecule has 0 aliphatic carbocycles. The van der Waals surface area contributed by atoms with Gasteiger partial charge in [0.05, 0.1) is 22.3 Å². The van der Waals surface area contributed by atoms with Crippen LogP contribution in [0.5, 0.6) is 0 Å². The summed E-state index contributed by atoms with van der Waals surface area (Å²) in [6, 6.07) is 7.77. The van der Waals surface area contributed by atoms with E-state index in [2.05, 4.69) is 37.2 Å². The number of hydrogen-bond acceptors (Lipinski definition) is 3. The maximum atomic E-state index is 12.9. The van der Waals surface area contributed by atoms with Gasteiger partial charge in [-0.15, -0.1) is 0 Å². The molecule has 0 amide bonds. The Kier molecular flexibility index (Phi) is 4.04. The Hall–Kier alpha value is -1.32. The van der Waals surface area contributed by atoms with Crippen molar-refractivity contribution in [3.8, 4) is 6.07 Å². The maximum absolute atomic E-state index is 12.9. The van der Waals surface area contributed by atoms with Crippen LogP contribution in [0.15, 0.2) is 37.8 Å². The average molecular weight is 374 g/mol. The zero-order valence-electron chi connectivity index (χ0n) is 9.01. The lowest BCUT2D eigenvalue weighted by molar-refractivity contribution is 0.494. The average Bonchev–Trinajstić information content (AvgIpc) is 2.67. The van der Waals surface area contributed by atoms with E-state index in [4.69, 9.17) is 9.68 Å². The number of nitriles is 1. The fraction of sp³-hybridized carbons (Fsp3) is 0.0833. The normalized spacial score (nSPS) is 10.1. The lowest BCUT2D eigenvalue weighted by atomic mass is 10.2. The van der Waals surface area contributed by atoms with E-state index < -0.39 is 5.82 Å². The van der Waals surface area contributed by atoms with Crippen molar-refractivity contribution in [2.45, 2.75) is 6.54 Å². The predicted molar refractivity (Wildman–Crippen MR) is 72.5 cm³/mol. The lowest BCUT2D eigenvalue weighted by Crippen LogP contribution is -2.00. The summed E-state index contributed by atoms with van der Waals surface area (Å²) in [5.74, 6) is 0.266. The van der Waals surface area contributed by atoms with Gasteiger partial charge in [0.1, 0.15) is 17.6 Å². The fourth-order valence-electron chi connectivity index (χ4n) is 1.42. The second-order valence-electron chi connectivity index (χ2n) is 3.49. The van der Waals surface area contributed by atoms with Crippen molar-refractivity contribution in [1.29, 1.82) is 5.26 Å². The number of nitrogens with one attached hydrogen (secondary N) is 1. The van der Waals surface area contributed by atoms with Crippen molar-refractivity contribution in [1.82, 2.24) is 0 Å². The van der Waals surface area contributed by atoms with Crippen molar-refractivity contribution in [2.75, 3.05) is 5.32 Å². The molecule has 0 aliphatic heterocycles. The van der Waals surface area contributed by atoms with Gasteiger partial charge >= 0.3 is 0 Å². The lowest BCUT2D eigenvalue weighted by Gasteiger charge is -2.06. The van der Waals surface area contributed by atoms with Crippen LogP contribution in [0.1, 0.15) is 11.3 Å². The van der Waals surface area contributed by atoms with Crippen LogP contribution in [0.2, 0.25) is 0 Å². The summed E-state index contributed by atoms with van der Waals surface area (Å²) >= 11 is 6.55. The topological polar surface area (TPSA) is 49.0 Å². The SMILES string of the molecule is N#Cc1cc(F)ccc1NCc1cc(Br)c(Br)o1. The van der Waals surface area contributed by atoms with E-state index in [9.17, 15) is 4.39 Å². The van der Waals surface area contributed by atoms with Gasteiger partial charge in [-0.3, -0.25) is 0 Å². The van der Waals surface area contributed by atoms with Gasteiger partial charge in [0, 0.05) is 0 Å². The van der Waals surface area contributed by atoms with Crippen LogP contribution < -0.4 is 5.32 Å². The van der Waals surface area contributed by atoms with Gasteiger partial charge in [0.2, 0.25) is 0 Å². The van der Waals surface area contributed by atoms with Crippen LogP contribution in [0.25, 0.3) is 0 Å². The first-order valence-electron chi connectivity index (χ1n) is 4.97. The molecule has 0 aliphatic rings. The molecule has 0 radical (unpaired) electrons. The number of nitrogens with zero attached hydrogens (tertiary/aromatic N) is 1. The smallest absolute Gasteiger partial charge is 0.183 e. The van der Waals surface area contributed by atoms with Gasteiger partial charge in [-0.25, -0.2) is 4.39 Å². The molecule has 0 spiro atoms. The van der Waals surface area contributed by atoms with E-state index in [1.807, 2.05) is 12.1 Å². The summed E-state index contributed by atoms with van der Waals surface area (Å²) in [5.41, 5.74) is 0.835. The zero-order chi connectivity index (χ0) is 13.1. The number of anilines is 1. The van der Waals surface area contributed by atoms with Crippen LogP contribution in [0.3, 0.4) is 0 Å². The van der Waals surface area contributed by atoms with Gasteiger partial charge in [-0.1, -0.05) is 0 Å². The summed E-state index contributed by atoms with van der Waals surface area (Å²) in [5, 5.41) is 11.9. The minimum atomic E-state index is -0.430. The minimum absolute atomic E-state index is 0.264. The highest BCUT2D eigenvalue weighted by atomic mass is 79.9. The van der Waals surface area contributed by atoms with Crippen LogP contribution in [-0.4, -0.2) is 0 Å². The van der Waals surface area contributed by atoms with E-state index >= 15 is 0 Å². The first kappa shape index (κ1) is 13.1. The monoisotopic (exact) mass is 372 g/mol. The molecular weight excluding hydrogens is 367 g/mol. The zero-order valence-corrected chi connectivity index (χ0v) is 12.2. The molecule has 1 aromatic carbocycles. The minimum Gasteiger partial charge on any atom is -0.451 e. The molecule has 92 valence electrons. The Morgan fingerprint density at radius 3 is 2.72 bits per heavy atom. The van der Waals surface area contributed by atoms with E-state index in [1.165, 1.54) is 18.2 Å². The third-order valence-corrected chi connectivity index (χ3v) is 3.96. The largest absolute Gasteiger partial charge is 0.451 e. The van der Waals surface area contributed by atoms with Crippen molar-refractivity contribution >= 4 is 37.5 Å². The number of rotatable bonds is 3. The van der Waals surface area contributed by atoms with Gasteiger partial charge in [0.15, 0.2) is 4.67 Å². The molecular formula is C12H7Br2FN2O. The highest BCUT2D eigenvalue weighted by Crippen LogP contribution is 2.27. The summed E-state index contributed by atoms with van der Waals surface area (Å²) in [4.78, 5) is 0. The van der Waals surface area contributed by atoms with Crippen molar-refractivity contribution in [2.24, 2.45) is 0 Å². The predicted octanol–water partition coefficient (Wildman–Crippen LogP) is 4.43. The van der Waals surface area contributed by atoms with Crippen LogP contribution in [-0.2, 0) is 6.54 Å². The van der Waals surface area contributed by atoms with Crippen molar-refractivity contribution < 1.29 is 8.81 Å². The summed E-state index contributed by atoms with van der Waals surface area (Å²) < 4.78 is 19.8. The molecule has 1 aromatic heterocycles. The Labute approximate surface area is 120 Å². The molecule has 0 unspecified atom stereocenters. The Bertz CT molecular complexity index is 600. The highest BCUT2D eigenvalue weighted by Gasteiger charge is 2.07. The quantitative estimate of drug-likeness (QED) is 0.865. The molecule has 1 heterocycles. The molecule has 2 aromatic rings. The van der Waals surface area contributed by atoms with E-state index in [-0.39, 0.29) is 5.56 Å². The number of furan rings is 1. The van der Waals surface area contributed by atoms with Gasteiger partial charge < -0.3 is 9.73 Å². The molecule has 6 heteroatoms. The maximum Gasteiger partial charge on any atom is 0.183 e. The van der Waals surface area contributed by atoms with Crippen molar-refractivity contribution in [3.63, 3.8) is 0 Å². The van der Waals surface area contributed by atoms with E-state index in [0.717, 1.165) is 4.47 Å². The van der Waals surface area contributed by atoms with E-state index in [1.54, 1.807) is 0 Å². The molecule has 0 bridgehead atoms. The summed E-state index contributed by atoms with van der Waals surface area (Å²) in [6.07, 6.45) is 0. The molecule has 2 rings (SSSR count). The second kappa shape index (κ2) is 5.55. The molecule has 0 saturated carbocycles. The van der Waals surface area contributed by atoms with Crippen LogP contribution in [0.4, 0.5) is 10.1 Å². The molecule has 0 fully saturated rings. The molecule has 3 nitrogen and oxygen atoms in total. The van der Waals surface area contributed by atoms with Crippen LogP contribution in [0, 0.1) is 17.1 Å². The molecule has 0 saturated heterocycles. The first-order chi connectivity index (χ1) is 8.60. The van der Waals surface area contributed by atoms with Gasteiger partial charge in [0.25, 0.3) is 0 Å². The third kappa shape index (κ3) is 2.92. The molecule has 18 heavy (non-hydrogen) atoms. The Morgan fingerprint density at radius 1 is 1.33 bits per heavy atom. The highest BCUT2D eigenvalue weighted by molar-refractivity contribution is 9.13. The first-order valence-corrected chi connectivity index (χ1v) is 6.56. The number of halogens is 3. The Balaban J connectivity index is 2.13. The number of benzene rings is 1.